The third kappa shape index (κ3) is 3.88. The van der Waals surface area contributed by atoms with Crippen LogP contribution < -0.4 is 0 Å². The fraction of sp³-hybridized carbons (Fsp3) is 0.444. The summed E-state index contributed by atoms with van der Waals surface area (Å²) in [4.78, 5) is 25.5. The fourth-order valence-corrected chi connectivity index (χ4v) is 2.12. The van der Waals surface area contributed by atoms with Crippen molar-refractivity contribution in [2.24, 2.45) is 5.41 Å². The molecule has 0 N–H and O–H groups in total. The second-order valence-corrected chi connectivity index (χ2v) is 6.96. The summed E-state index contributed by atoms with van der Waals surface area (Å²) in [6.07, 6.45) is 0. The molecule has 0 saturated heterocycles. The number of benzene rings is 1. The maximum atomic E-state index is 12.2. The maximum absolute atomic E-state index is 12.2. The van der Waals surface area contributed by atoms with Crippen LogP contribution in [0.25, 0.3) is 5.69 Å². The van der Waals surface area contributed by atoms with Crippen molar-refractivity contribution in [3.63, 3.8) is 0 Å². The van der Waals surface area contributed by atoms with Crippen molar-refractivity contribution in [3.8, 4) is 5.69 Å². The van der Waals surface area contributed by atoms with Gasteiger partial charge in [-0.15, -0.1) is 5.10 Å². The van der Waals surface area contributed by atoms with E-state index in [-0.39, 0.29) is 18.1 Å². The van der Waals surface area contributed by atoms with E-state index in [9.17, 15) is 9.59 Å². The Morgan fingerprint density at radius 3 is 2.38 bits per heavy atom. The smallest absolute Gasteiger partial charge is 0.361 e. The monoisotopic (exact) mass is 329 g/mol. The molecule has 1 aromatic heterocycles. The number of esters is 1. The molecule has 0 unspecified atom stereocenters. The van der Waals surface area contributed by atoms with Gasteiger partial charge in [0.1, 0.15) is 0 Å². The SMILES string of the molecule is Cc1ccc(-n2nc(C)c(C(=O)OCC(=O)C(C)(C)C)n2)c(C)c1. The number of Topliss-reactive ketones (excluding diaryl/α,β-unsaturated/α-hetero) is 1. The molecule has 1 heterocycles. The van der Waals surface area contributed by atoms with Gasteiger partial charge in [0.25, 0.3) is 0 Å². The molecule has 0 spiro atoms. The van der Waals surface area contributed by atoms with Gasteiger partial charge in [-0.25, -0.2) is 4.79 Å². The average molecular weight is 329 g/mol. The van der Waals surface area contributed by atoms with Crippen LogP contribution in [-0.4, -0.2) is 33.4 Å². The molecule has 0 aliphatic heterocycles. The number of aromatic nitrogens is 3. The highest BCUT2D eigenvalue weighted by Gasteiger charge is 2.24. The van der Waals surface area contributed by atoms with Crippen molar-refractivity contribution < 1.29 is 14.3 Å². The highest BCUT2D eigenvalue weighted by atomic mass is 16.5. The van der Waals surface area contributed by atoms with E-state index in [1.807, 2.05) is 32.0 Å². The number of nitrogens with zero attached hydrogens (tertiary/aromatic N) is 3. The fourth-order valence-electron chi connectivity index (χ4n) is 2.12. The Hall–Kier alpha value is -2.50. The Balaban J connectivity index is 2.19. The van der Waals surface area contributed by atoms with Crippen LogP contribution in [0.4, 0.5) is 0 Å². The van der Waals surface area contributed by atoms with E-state index in [1.165, 1.54) is 4.80 Å². The first-order valence-electron chi connectivity index (χ1n) is 7.81. The first kappa shape index (κ1) is 17.8. The summed E-state index contributed by atoms with van der Waals surface area (Å²) in [5.41, 5.74) is 2.98. The summed E-state index contributed by atoms with van der Waals surface area (Å²) >= 11 is 0. The summed E-state index contributed by atoms with van der Waals surface area (Å²) in [6, 6.07) is 5.89. The number of carbonyl (C=O) groups excluding carboxylic acids is 2. The summed E-state index contributed by atoms with van der Waals surface area (Å²) in [5, 5.41) is 8.52. The Morgan fingerprint density at radius 1 is 1.12 bits per heavy atom. The molecule has 2 aromatic rings. The van der Waals surface area contributed by atoms with Crippen molar-refractivity contribution in [1.82, 2.24) is 15.0 Å². The van der Waals surface area contributed by atoms with Gasteiger partial charge >= 0.3 is 5.97 Å². The second kappa shape index (κ2) is 6.55. The molecule has 2 rings (SSSR count). The van der Waals surface area contributed by atoms with Crippen molar-refractivity contribution in [3.05, 3.63) is 40.7 Å². The highest BCUT2D eigenvalue weighted by molar-refractivity contribution is 5.92. The molecule has 0 aliphatic rings. The molecular formula is C18H23N3O3. The van der Waals surface area contributed by atoms with Gasteiger partial charge in [-0.3, -0.25) is 4.79 Å². The molecule has 0 fully saturated rings. The van der Waals surface area contributed by atoms with Gasteiger partial charge < -0.3 is 4.74 Å². The average Bonchev–Trinajstić information content (AvgIpc) is 2.85. The number of hydrogen-bond donors (Lipinski definition) is 0. The van der Waals surface area contributed by atoms with Crippen LogP contribution in [0.3, 0.4) is 0 Å². The third-order valence-corrected chi connectivity index (χ3v) is 3.71. The lowest BCUT2D eigenvalue weighted by Gasteiger charge is -2.15. The van der Waals surface area contributed by atoms with Gasteiger partial charge in [-0.1, -0.05) is 38.5 Å². The molecule has 0 atom stereocenters. The first-order valence-corrected chi connectivity index (χ1v) is 7.81. The molecule has 0 amide bonds. The lowest BCUT2D eigenvalue weighted by molar-refractivity contribution is -0.129. The van der Waals surface area contributed by atoms with E-state index in [0.717, 1.165) is 16.8 Å². The number of hydrogen-bond acceptors (Lipinski definition) is 5. The Kier molecular flexibility index (Phi) is 4.87. The zero-order chi connectivity index (χ0) is 18.1. The summed E-state index contributed by atoms with van der Waals surface area (Å²) in [6.45, 7) is 10.7. The third-order valence-electron chi connectivity index (χ3n) is 3.71. The van der Waals surface area contributed by atoms with Gasteiger partial charge in [-0.2, -0.15) is 9.90 Å². The second-order valence-electron chi connectivity index (χ2n) is 6.96. The van der Waals surface area contributed by atoms with Crippen molar-refractivity contribution in [2.75, 3.05) is 6.61 Å². The van der Waals surface area contributed by atoms with E-state index in [0.29, 0.717) is 5.69 Å². The van der Waals surface area contributed by atoms with Crippen LogP contribution in [0.2, 0.25) is 0 Å². The van der Waals surface area contributed by atoms with Crippen molar-refractivity contribution >= 4 is 11.8 Å². The van der Waals surface area contributed by atoms with Gasteiger partial charge in [0.05, 0.1) is 11.4 Å². The minimum absolute atomic E-state index is 0.122. The lowest BCUT2D eigenvalue weighted by Crippen LogP contribution is -2.26. The number of rotatable bonds is 4. The van der Waals surface area contributed by atoms with E-state index >= 15 is 0 Å². The lowest BCUT2D eigenvalue weighted by atomic mass is 9.91. The number of carbonyl (C=O) groups is 2. The first-order chi connectivity index (χ1) is 11.1. The molecule has 1 aromatic carbocycles. The topological polar surface area (TPSA) is 74.1 Å². The minimum Gasteiger partial charge on any atom is -0.453 e. The van der Waals surface area contributed by atoms with E-state index in [4.69, 9.17) is 4.74 Å². The van der Waals surface area contributed by atoms with E-state index in [1.54, 1.807) is 27.7 Å². The van der Waals surface area contributed by atoms with Gasteiger partial charge in [0.15, 0.2) is 18.1 Å². The van der Waals surface area contributed by atoms with Crippen LogP contribution in [0.15, 0.2) is 18.2 Å². The van der Waals surface area contributed by atoms with Crippen LogP contribution in [0, 0.1) is 26.2 Å². The molecular weight excluding hydrogens is 306 g/mol. The van der Waals surface area contributed by atoms with E-state index in [2.05, 4.69) is 10.2 Å². The Bertz CT molecular complexity index is 785. The summed E-state index contributed by atoms with van der Waals surface area (Å²) < 4.78 is 5.09. The highest BCUT2D eigenvalue weighted by Crippen LogP contribution is 2.17. The summed E-state index contributed by atoms with van der Waals surface area (Å²) in [7, 11) is 0. The normalized spacial score (nSPS) is 11.4. The van der Waals surface area contributed by atoms with Crippen molar-refractivity contribution in [1.29, 1.82) is 0 Å². The molecule has 0 bridgehead atoms. The maximum Gasteiger partial charge on any atom is 0.361 e. The summed E-state index contributed by atoms with van der Waals surface area (Å²) in [5.74, 6) is -0.781. The van der Waals surface area contributed by atoms with Crippen molar-refractivity contribution in [2.45, 2.75) is 41.5 Å². The number of aryl methyl sites for hydroxylation is 3. The minimum atomic E-state index is -0.638. The predicted molar refractivity (Wildman–Crippen MR) is 90.3 cm³/mol. The molecule has 0 aliphatic carbocycles. The quantitative estimate of drug-likeness (QED) is 0.806. The molecule has 128 valence electrons. The van der Waals surface area contributed by atoms with Crippen LogP contribution >= 0.6 is 0 Å². The molecule has 0 saturated carbocycles. The van der Waals surface area contributed by atoms with Crippen LogP contribution in [0.5, 0.6) is 0 Å². The number of ketones is 1. The largest absolute Gasteiger partial charge is 0.453 e. The van der Waals surface area contributed by atoms with Gasteiger partial charge in [-0.05, 0) is 32.4 Å². The van der Waals surface area contributed by atoms with Gasteiger partial charge in [0, 0.05) is 5.41 Å². The van der Waals surface area contributed by atoms with Gasteiger partial charge in [0.2, 0.25) is 0 Å². The zero-order valence-corrected chi connectivity index (χ0v) is 15.0. The predicted octanol–water partition coefficient (Wildman–Crippen LogP) is 2.96. The molecule has 6 nitrogen and oxygen atoms in total. The van der Waals surface area contributed by atoms with Crippen LogP contribution in [0.1, 0.15) is 48.1 Å². The Morgan fingerprint density at radius 2 is 1.79 bits per heavy atom. The number of ether oxygens (including phenoxy) is 1. The zero-order valence-electron chi connectivity index (χ0n) is 15.0. The molecule has 0 radical (unpaired) electrons. The molecule has 6 heteroatoms. The van der Waals surface area contributed by atoms with Crippen LogP contribution in [-0.2, 0) is 9.53 Å². The standard InChI is InChI=1S/C18H23N3O3/c1-11-7-8-14(12(2)9-11)21-19-13(3)16(20-21)17(23)24-10-15(22)18(4,5)6/h7-9H,10H2,1-6H3. The van der Waals surface area contributed by atoms with E-state index < -0.39 is 11.4 Å². The molecule has 24 heavy (non-hydrogen) atoms. The Labute approximate surface area is 141 Å².